The summed E-state index contributed by atoms with van der Waals surface area (Å²) in [6.07, 6.45) is 0. The van der Waals surface area contributed by atoms with Gasteiger partial charge in [-0.15, -0.1) is 23.1 Å². The van der Waals surface area contributed by atoms with E-state index in [1.807, 2.05) is 0 Å². The molecule has 0 aliphatic carbocycles. The van der Waals surface area contributed by atoms with Gasteiger partial charge in [0.25, 0.3) is 11.8 Å². The highest BCUT2D eigenvalue weighted by Gasteiger charge is 2.54. The van der Waals surface area contributed by atoms with Crippen molar-refractivity contribution in [2.75, 3.05) is 19.5 Å². The van der Waals surface area contributed by atoms with Crippen LogP contribution in [0.1, 0.15) is 29.1 Å². The molecule has 1 saturated heterocycles. The van der Waals surface area contributed by atoms with E-state index in [9.17, 15) is 33.9 Å². The normalized spacial score (nSPS) is 17.9. The van der Waals surface area contributed by atoms with Crippen LogP contribution in [0.2, 0.25) is 0 Å². The molecular formula is C26H23N3O11S2. The number of aliphatic carboxylic acids is 1. The van der Waals surface area contributed by atoms with Crippen molar-refractivity contribution in [3.05, 3.63) is 57.4 Å². The number of hydrogen-bond donors (Lipinski definition) is 2. The molecular weight excluding hydrogens is 594 g/mol. The number of carboxylic acids is 1. The van der Waals surface area contributed by atoms with Crippen LogP contribution in [0.4, 0.5) is 0 Å². The number of nitrogens with one attached hydrogen (secondary N) is 1. The highest BCUT2D eigenvalue weighted by molar-refractivity contribution is 8.00. The van der Waals surface area contributed by atoms with E-state index >= 15 is 0 Å². The van der Waals surface area contributed by atoms with Crippen molar-refractivity contribution < 1.29 is 52.9 Å². The maximum absolute atomic E-state index is 13.0. The van der Waals surface area contributed by atoms with Crippen molar-refractivity contribution in [3.63, 3.8) is 0 Å². The Labute approximate surface area is 246 Å². The van der Waals surface area contributed by atoms with E-state index in [1.165, 1.54) is 42.3 Å². The van der Waals surface area contributed by atoms with Gasteiger partial charge in [0.2, 0.25) is 0 Å². The summed E-state index contributed by atoms with van der Waals surface area (Å²) < 4.78 is 15.3. The SMILES string of the molecule is CO/N=C(/C(=O)N[C@@H]1C(=O)N2C(C(=O)O)=C(COC(=O)c3ccc(OC(C)=O)c(OC(C)=O)c3)CS[C@H]12)c1cccs1. The number of thioether (sulfide) groups is 1. The molecule has 0 unspecified atom stereocenters. The van der Waals surface area contributed by atoms with E-state index < -0.39 is 53.7 Å². The first-order valence-electron chi connectivity index (χ1n) is 12.1. The summed E-state index contributed by atoms with van der Waals surface area (Å²) in [4.78, 5) is 79.9. The summed E-state index contributed by atoms with van der Waals surface area (Å²) in [5.41, 5.74) is -0.286. The molecule has 3 heterocycles. The van der Waals surface area contributed by atoms with Gasteiger partial charge in [0.05, 0.1) is 10.4 Å². The third kappa shape index (κ3) is 6.44. The monoisotopic (exact) mass is 617 g/mol. The van der Waals surface area contributed by atoms with Gasteiger partial charge >= 0.3 is 23.9 Å². The maximum Gasteiger partial charge on any atom is 0.352 e. The number of esters is 3. The minimum Gasteiger partial charge on any atom is -0.477 e. The average molecular weight is 618 g/mol. The van der Waals surface area contributed by atoms with Crippen LogP contribution in [-0.2, 0) is 33.5 Å². The third-order valence-electron chi connectivity index (χ3n) is 5.75. The molecule has 2 aliphatic rings. The fraction of sp³-hybridized carbons (Fsp3) is 0.269. The van der Waals surface area contributed by atoms with Crippen molar-refractivity contribution in [2.24, 2.45) is 5.16 Å². The molecule has 2 aliphatic heterocycles. The van der Waals surface area contributed by atoms with Crippen LogP contribution in [0, 0.1) is 0 Å². The Morgan fingerprint density at radius 1 is 1.10 bits per heavy atom. The number of fused-ring (bicyclic) bond motifs is 1. The lowest BCUT2D eigenvalue weighted by Gasteiger charge is -2.49. The van der Waals surface area contributed by atoms with Crippen molar-refractivity contribution in [3.8, 4) is 11.5 Å². The predicted molar refractivity (Wildman–Crippen MR) is 147 cm³/mol. The first-order valence-corrected chi connectivity index (χ1v) is 14.0. The Hall–Kier alpha value is -4.70. The van der Waals surface area contributed by atoms with Crippen molar-refractivity contribution in [2.45, 2.75) is 25.3 Å². The summed E-state index contributed by atoms with van der Waals surface area (Å²) >= 11 is 2.44. The molecule has 1 aromatic heterocycles. The molecule has 0 bridgehead atoms. The number of amides is 2. The number of hydrogen-bond acceptors (Lipinski definition) is 13. The number of oxime groups is 1. The largest absolute Gasteiger partial charge is 0.477 e. The molecule has 42 heavy (non-hydrogen) atoms. The maximum atomic E-state index is 13.0. The molecule has 220 valence electrons. The van der Waals surface area contributed by atoms with Gasteiger partial charge in [-0.2, -0.15) is 0 Å². The zero-order valence-electron chi connectivity index (χ0n) is 22.3. The van der Waals surface area contributed by atoms with Gasteiger partial charge in [-0.25, -0.2) is 9.59 Å². The van der Waals surface area contributed by atoms with Gasteiger partial charge in [-0.05, 0) is 29.6 Å². The van der Waals surface area contributed by atoms with Crippen molar-refractivity contribution >= 4 is 64.5 Å². The number of benzene rings is 1. The number of carbonyl (C=O) groups is 6. The number of nitrogens with zero attached hydrogens (tertiary/aromatic N) is 2. The van der Waals surface area contributed by atoms with Gasteiger partial charge in [0, 0.05) is 25.2 Å². The minimum atomic E-state index is -1.41. The van der Waals surface area contributed by atoms with Crippen molar-refractivity contribution in [1.82, 2.24) is 10.2 Å². The van der Waals surface area contributed by atoms with Crippen LogP contribution in [0.5, 0.6) is 11.5 Å². The number of carboxylic acid groups (broad SMARTS) is 1. The molecule has 0 spiro atoms. The number of carbonyl (C=O) groups excluding carboxylic acids is 5. The Morgan fingerprint density at radius 3 is 2.43 bits per heavy atom. The number of β-lactam (4-membered cyclic amide) rings is 1. The highest BCUT2D eigenvalue weighted by Crippen LogP contribution is 2.40. The van der Waals surface area contributed by atoms with Gasteiger partial charge in [0.1, 0.15) is 30.8 Å². The molecule has 2 atom stereocenters. The molecule has 1 fully saturated rings. The second kappa shape index (κ2) is 12.9. The summed E-state index contributed by atoms with van der Waals surface area (Å²) in [6.45, 7) is 1.81. The number of rotatable bonds is 10. The molecule has 1 aromatic carbocycles. The van der Waals surface area contributed by atoms with Gasteiger partial charge in [0.15, 0.2) is 17.2 Å². The highest BCUT2D eigenvalue weighted by atomic mass is 32.2. The smallest absolute Gasteiger partial charge is 0.352 e. The third-order valence-corrected chi connectivity index (χ3v) is 7.97. The molecule has 4 rings (SSSR count). The summed E-state index contributed by atoms with van der Waals surface area (Å²) in [6, 6.07) is 6.03. The molecule has 16 heteroatoms. The molecule has 2 amide bonds. The van der Waals surface area contributed by atoms with Crippen LogP contribution in [0.25, 0.3) is 0 Å². The first kappa shape index (κ1) is 30.3. The summed E-state index contributed by atoms with van der Waals surface area (Å²) in [5.74, 6) is -5.20. The lowest BCUT2D eigenvalue weighted by Crippen LogP contribution is -2.71. The Bertz CT molecular complexity index is 1520. The second-order valence-corrected chi connectivity index (χ2v) is 10.7. The van der Waals surface area contributed by atoms with Crippen LogP contribution in [0.3, 0.4) is 0 Å². The van der Waals surface area contributed by atoms with Gasteiger partial charge < -0.3 is 29.5 Å². The van der Waals surface area contributed by atoms with E-state index in [-0.39, 0.29) is 39.8 Å². The van der Waals surface area contributed by atoms with E-state index in [2.05, 4.69) is 10.5 Å². The van der Waals surface area contributed by atoms with Crippen LogP contribution >= 0.6 is 23.1 Å². The fourth-order valence-corrected chi connectivity index (χ4v) is 6.08. The lowest BCUT2D eigenvalue weighted by molar-refractivity contribution is -0.150. The standard InChI is InChI=1S/C26H23N3O11S2/c1-12(30)39-16-7-6-14(9-17(16)40-13(2)31)26(36)38-10-15-11-42-24-20(23(33)29(24)21(15)25(34)35)27-22(32)19(28-37-3)18-5-4-8-41-18/h4-9,20,24H,10-11H2,1-3H3,(H,27,32)(H,34,35)/b28-19+/t20-,24-/m1/s1. The molecule has 14 nitrogen and oxygen atoms in total. The van der Waals surface area contributed by atoms with Crippen molar-refractivity contribution in [1.29, 1.82) is 0 Å². The van der Waals surface area contributed by atoms with E-state index in [0.29, 0.717) is 4.88 Å². The average Bonchev–Trinajstić information content (AvgIpc) is 3.47. The van der Waals surface area contributed by atoms with Gasteiger partial charge in [-0.3, -0.25) is 24.1 Å². The predicted octanol–water partition coefficient (Wildman–Crippen LogP) is 1.54. The lowest BCUT2D eigenvalue weighted by atomic mass is 10.0. The van der Waals surface area contributed by atoms with E-state index in [0.717, 1.165) is 24.8 Å². The van der Waals surface area contributed by atoms with Crippen LogP contribution in [0.15, 0.2) is 52.1 Å². The fourth-order valence-electron chi connectivity index (χ4n) is 4.05. The van der Waals surface area contributed by atoms with Gasteiger partial charge in [-0.1, -0.05) is 11.2 Å². The number of thiophene rings is 1. The zero-order valence-corrected chi connectivity index (χ0v) is 23.9. The molecule has 0 radical (unpaired) electrons. The Balaban J connectivity index is 1.47. The molecule has 0 saturated carbocycles. The number of ether oxygens (including phenoxy) is 3. The summed E-state index contributed by atoms with van der Waals surface area (Å²) in [5, 5.41) is 17.3. The minimum absolute atomic E-state index is 0.0288. The van der Waals surface area contributed by atoms with Crippen LogP contribution < -0.4 is 14.8 Å². The molecule has 2 aromatic rings. The van der Waals surface area contributed by atoms with E-state index in [4.69, 9.17) is 19.0 Å². The Kier molecular flexibility index (Phi) is 9.27. The topological polar surface area (TPSA) is 187 Å². The summed E-state index contributed by atoms with van der Waals surface area (Å²) in [7, 11) is 1.28. The van der Waals surface area contributed by atoms with Crippen LogP contribution in [-0.4, -0.2) is 82.3 Å². The quantitative estimate of drug-likeness (QED) is 0.129. The Morgan fingerprint density at radius 2 is 1.81 bits per heavy atom. The zero-order chi connectivity index (χ0) is 30.6. The second-order valence-electron chi connectivity index (χ2n) is 8.64. The van der Waals surface area contributed by atoms with E-state index in [1.54, 1.807) is 17.5 Å². The first-order chi connectivity index (χ1) is 20.0. The molecule has 2 N–H and O–H groups in total.